The number of ether oxygens (including phenoxy) is 1. The Bertz CT molecular complexity index is 844. The van der Waals surface area contributed by atoms with Gasteiger partial charge in [0, 0.05) is 11.3 Å². The van der Waals surface area contributed by atoms with Gasteiger partial charge in [-0.3, -0.25) is 5.10 Å². The molecule has 23 heavy (non-hydrogen) atoms. The molecule has 1 aromatic carbocycles. The number of nitrogens with two attached hydrogens (primary N) is 1. The average Bonchev–Trinajstić information content (AvgIpc) is 2.93. The lowest BCUT2D eigenvalue weighted by Crippen LogP contribution is -2.21. The van der Waals surface area contributed by atoms with Gasteiger partial charge in [0.25, 0.3) is 0 Å². The molecule has 3 rings (SSSR count). The maximum atomic E-state index is 9.92. The van der Waals surface area contributed by atoms with E-state index < -0.39 is 5.92 Å². The molecule has 1 aromatic heterocycles. The Hall–Kier alpha value is -1.98. The molecule has 8 heteroatoms. The van der Waals surface area contributed by atoms with Crippen LogP contribution < -0.4 is 10.5 Å². The number of H-pyrrole nitrogens is 1. The summed E-state index contributed by atoms with van der Waals surface area (Å²) in [5.41, 5.74) is 8.68. The van der Waals surface area contributed by atoms with Crippen molar-refractivity contribution in [3.63, 3.8) is 0 Å². The Morgan fingerprint density at radius 1 is 1.43 bits per heavy atom. The summed E-state index contributed by atoms with van der Waals surface area (Å²) < 4.78 is 6.51. The van der Waals surface area contributed by atoms with Crippen molar-refractivity contribution in [1.29, 1.82) is 5.26 Å². The minimum absolute atomic E-state index is 0.0412. The fourth-order valence-corrected chi connectivity index (χ4v) is 3.89. The first-order valence-corrected chi connectivity index (χ1v) is 8.39. The van der Waals surface area contributed by atoms with E-state index >= 15 is 0 Å². The van der Waals surface area contributed by atoms with Gasteiger partial charge in [0.15, 0.2) is 0 Å². The largest absolute Gasteiger partial charge is 0.506 e. The summed E-state index contributed by atoms with van der Waals surface area (Å²) in [6, 6.07) is 5.65. The van der Waals surface area contributed by atoms with Crippen molar-refractivity contribution >= 4 is 31.9 Å². The SMILES string of the molecule is CCc1[nH]nc2c1C(c1cc(Br)c(O)c(Br)c1)C(C#N)=C(N)O2. The first kappa shape index (κ1) is 15.9. The van der Waals surface area contributed by atoms with Gasteiger partial charge in [0.1, 0.15) is 17.4 Å². The Morgan fingerprint density at radius 3 is 2.65 bits per heavy atom. The van der Waals surface area contributed by atoms with Crippen molar-refractivity contribution < 1.29 is 9.84 Å². The molecular weight excluding hydrogens is 428 g/mol. The topological polar surface area (TPSA) is 108 Å². The summed E-state index contributed by atoms with van der Waals surface area (Å²) >= 11 is 6.64. The molecule has 0 saturated carbocycles. The molecule has 118 valence electrons. The van der Waals surface area contributed by atoms with Gasteiger partial charge >= 0.3 is 0 Å². The first-order chi connectivity index (χ1) is 11.0. The average molecular weight is 440 g/mol. The van der Waals surface area contributed by atoms with Crippen molar-refractivity contribution in [2.75, 3.05) is 0 Å². The fourth-order valence-electron chi connectivity index (χ4n) is 2.66. The second-order valence-corrected chi connectivity index (χ2v) is 6.74. The summed E-state index contributed by atoms with van der Waals surface area (Å²) in [7, 11) is 0. The van der Waals surface area contributed by atoms with Crippen LogP contribution in [-0.4, -0.2) is 15.3 Å². The molecule has 0 radical (unpaired) electrons. The predicted molar refractivity (Wildman–Crippen MR) is 90.8 cm³/mol. The van der Waals surface area contributed by atoms with E-state index in [0.29, 0.717) is 26.8 Å². The number of rotatable bonds is 2. The number of hydrogen-bond acceptors (Lipinski definition) is 5. The number of phenolic OH excluding ortho intramolecular Hbond substituents is 1. The van der Waals surface area contributed by atoms with Gasteiger partial charge in [-0.25, -0.2) is 0 Å². The Labute approximate surface area is 149 Å². The number of phenols is 1. The van der Waals surface area contributed by atoms with Crippen LogP contribution in [0.15, 0.2) is 32.5 Å². The van der Waals surface area contributed by atoms with Crippen LogP contribution in [0.25, 0.3) is 0 Å². The molecule has 2 heterocycles. The Balaban J connectivity index is 2.28. The van der Waals surface area contributed by atoms with Crippen molar-refractivity contribution in [1.82, 2.24) is 10.2 Å². The van der Waals surface area contributed by atoms with Crippen LogP contribution in [0.2, 0.25) is 0 Å². The second kappa shape index (κ2) is 5.91. The zero-order chi connectivity index (χ0) is 16.7. The van der Waals surface area contributed by atoms with Gasteiger partial charge in [-0.1, -0.05) is 6.92 Å². The number of benzene rings is 1. The second-order valence-electron chi connectivity index (χ2n) is 5.03. The van der Waals surface area contributed by atoms with Crippen LogP contribution in [0.4, 0.5) is 0 Å². The zero-order valence-corrected chi connectivity index (χ0v) is 15.2. The number of aromatic amines is 1. The monoisotopic (exact) mass is 438 g/mol. The number of fused-ring (bicyclic) bond motifs is 1. The molecule has 0 bridgehead atoms. The third kappa shape index (κ3) is 2.50. The fraction of sp³-hybridized carbons (Fsp3) is 0.200. The van der Waals surface area contributed by atoms with Crippen LogP contribution in [-0.2, 0) is 6.42 Å². The smallest absolute Gasteiger partial charge is 0.244 e. The van der Waals surface area contributed by atoms with Gasteiger partial charge in [-0.05, 0) is 56.0 Å². The van der Waals surface area contributed by atoms with Gasteiger partial charge in [-0.15, -0.1) is 5.10 Å². The quantitative estimate of drug-likeness (QED) is 0.664. The molecule has 0 amide bonds. The molecule has 2 aromatic rings. The highest BCUT2D eigenvalue weighted by molar-refractivity contribution is 9.11. The molecule has 4 N–H and O–H groups in total. The van der Waals surface area contributed by atoms with E-state index in [4.69, 9.17) is 10.5 Å². The molecule has 1 aliphatic heterocycles. The van der Waals surface area contributed by atoms with Crippen LogP contribution in [0.1, 0.15) is 29.7 Å². The summed E-state index contributed by atoms with van der Waals surface area (Å²) in [6.45, 7) is 1.99. The van der Waals surface area contributed by atoms with E-state index in [1.165, 1.54) is 0 Å². The summed E-state index contributed by atoms with van der Waals surface area (Å²) in [5, 5.41) is 26.5. The standard InChI is InChI=1S/C15H12Br2N4O2/c1-2-10-12-11(6-3-8(16)13(22)9(17)4-6)7(5-18)14(19)23-15(12)21-20-10/h3-4,11,22H,2,19H2,1H3,(H,20,21). The van der Waals surface area contributed by atoms with Crippen molar-refractivity contribution in [2.45, 2.75) is 19.3 Å². The Kier molecular flexibility index (Phi) is 4.08. The van der Waals surface area contributed by atoms with Crippen LogP contribution in [0, 0.1) is 11.3 Å². The van der Waals surface area contributed by atoms with Gasteiger partial charge in [0.05, 0.1) is 14.9 Å². The van der Waals surface area contributed by atoms with E-state index in [2.05, 4.69) is 48.1 Å². The molecule has 1 aliphatic rings. The molecule has 6 nitrogen and oxygen atoms in total. The third-order valence-corrected chi connectivity index (χ3v) is 4.95. The number of nitrogens with zero attached hydrogens (tertiary/aromatic N) is 2. The van der Waals surface area contributed by atoms with Crippen molar-refractivity contribution in [3.05, 3.63) is 49.4 Å². The van der Waals surface area contributed by atoms with E-state index in [-0.39, 0.29) is 11.6 Å². The number of nitrogens with one attached hydrogen (secondary N) is 1. The number of aromatic nitrogens is 2. The third-order valence-electron chi connectivity index (χ3n) is 3.74. The minimum atomic E-state index is -0.411. The normalized spacial score (nSPS) is 16.7. The maximum absolute atomic E-state index is 9.92. The number of halogens is 2. The van der Waals surface area contributed by atoms with E-state index in [9.17, 15) is 10.4 Å². The lowest BCUT2D eigenvalue weighted by Gasteiger charge is -2.24. The van der Waals surface area contributed by atoms with Gasteiger partial charge in [0.2, 0.25) is 11.8 Å². The molecule has 1 atom stereocenters. The number of nitriles is 1. The van der Waals surface area contributed by atoms with Crippen molar-refractivity contribution in [2.24, 2.45) is 5.73 Å². The number of allylic oxidation sites excluding steroid dienone is 1. The molecule has 0 spiro atoms. The minimum Gasteiger partial charge on any atom is -0.506 e. The maximum Gasteiger partial charge on any atom is 0.244 e. The number of hydrogen-bond donors (Lipinski definition) is 3. The summed E-state index contributed by atoms with van der Waals surface area (Å²) in [4.78, 5) is 0. The molecule has 0 aliphatic carbocycles. The molecular formula is C15H12Br2N4O2. The van der Waals surface area contributed by atoms with E-state index in [1.807, 2.05) is 6.92 Å². The Morgan fingerprint density at radius 2 is 2.09 bits per heavy atom. The van der Waals surface area contributed by atoms with Gasteiger partial charge < -0.3 is 15.6 Å². The number of aryl methyl sites for hydroxylation is 1. The molecule has 0 fully saturated rings. The highest BCUT2D eigenvalue weighted by Gasteiger charge is 2.35. The summed E-state index contributed by atoms with van der Waals surface area (Å²) in [5.74, 6) is 0.105. The lowest BCUT2D eigenvalue weighted by atomic mass is 9.83. The number of aromatic hydroxyl groups is 1. The highest BCUT2D eigenvalue weighted by Crippen LogP contribution is 2.45. The van der Waals surface area contributed by atoms with Crippen LogP contribution >= 0.6 is 31.9 Å². The highest BCUT2D eigenvalue weighted by atomic mass is 79.9. The van der Waals surface area contributed by atoms with Crippen molar-refractivity contribution in [3.8, 4) is 17.7 Å². The first-order valence-electron chi connectivity index (χ1n) is 6.80. The zero-order valence-electron chi connectivity index (χ0n) is 12.0. The lowest BCUT2D eigenvalue weighted by molar-refractivity contribution is 0.378. The van der Waals surface area contributed by atoms with Crippen LogP contribution in [0.5, 0.6) is 11.6 Å². The van der Waals surface area contributed by atoms with Gasteiger partial charge in [-0.2, -0.15) is 5.26 Å². The molecule has 1 unspecified atom stereocenters. The van der Waals surface area contributed by atoms with E-state index in [0.717, 1.165) is 16.8 Å². The van der Waals surface area contributed by atoms with Crippen LogP contribution in [0.3, 0.4) is 0 Å². The molecule has 0 saturated heterocycles. The van der Waals surface area contributed by atoms with E-state index in [1.54, 1.807) is 12.1 Å². The summed E-state index contributed by atoms with van der Waals surface area (Å²) in [6.07, 6.45) is 0.710. The predicted octanol–water partition coefficient (Wildman–Crippen LogP) is 3.42.